The average molecular weight is 423 g/mol. The molecule has 0 atom stereocenters. The number of hydrogen-bond acceptors (Lipinski definition) is 6. The van der Waals surface area contributed by atoms with Gasteiger partial charge in [0.05, 0.1) is 12.2 Å². The van der Waals surface area contributed by atoms with E-state index in [0.29, 0.717) is 10.7 Å². The standard InChI is InChI=1S/C15H11F6N5OS/c1-2-27-13-12(23-5-6-24-13)26-11(22)9(10(25-26)15(19,20)21)7-3-4-8(28-7)14(16,17)18/h3-6H,2,22H2,1H3. The van der Waals surface area contributed by atoms with Gasteiger partial charge in [0.2, 0.25) is 5.82 Å². The van der Waals surface area contributed by atoms with E-state index in [4.69, 9.17) is 10.5 Å². The Morgan fingerprint density at radius 1 is 1.07 bits per heavy atom. The molecule has 28 heavy (non-hydrogen) atoms. The van der Waals surface area contributed by atoms with Crippen LogP contribution in [-0.4, -0.2) is 26.4 Å². The molecule has 0 aliphatic heterocycles. The largest absolute Gasteiger partial charge is 0.475 e. The summed E-state index contributed by atoms with van der Waals surface area (Å²) in [5, 5.41) is 3.45. The van der Waals surface area contributed by atoms with Crippen LogP contribution >= 0.6 is 11.3 Å². The number of ether oxygens (including phenoxy) is 1. The van der Waals surface area contributed by atoms with Gasteiger partial charge in [-0.25, -0.2) is 9.97 Å². The summed E-state index contributed by atoms with van der Waals surface area (Å²) in [5.41, 5.74) is 3.75. The molecule has 0 aromatic carbocycles. The highest BCUT2D eigenvalue weighted by Crippen LogP contribution is 2.45. The van der Waals surface area contributed by atoms with Crippen molar-refractivity contribution in [3.05, 3.63) is 35.1 Å². The first-order valence-corrected chi connectivity index (χ1v) is 8.43. The zero-order valence-electron chi connectivity index (χ0n) is 14.0. The molecule has 6 nitrogen and oxygen atoms in total. The van der Waals surface area contributed by atoms with Crippen molar-refractivity contribution in [1.29, 1.82) is 0 Å². The van der Waals surface area contributed by atoms with E-state index in [9.17, 15) is 26.3 Å². The Morgan fingerprint density at radius 2 is 1.75 bits per heavy atom. The van der Waals surface area contributed by atoms with Crippen molar-refractivity contribution in [1.82, 2.24) is 19.7 Å². The number of rotatable bonds is 4. The van der Waals surface area contributed by atoms with Crippen LogP contribution in [-0.2, 0) is 12.4 Å². The molecule has 2 N–H and O–H groups in total. The van der Waals surface area contributed by atoms with Crippen LogP contribution in [0.3, 0.4) is 0 Å². The van der Waals surface area contributed by atoms with Crippen LogP contribution in [0.1, 0.15) is 17.5 Å². The van der Waals surface area contributed by atoms with Crippen LogP contribution in [0.25, 0.3) is 16.3 Å². The Bertz CT molecular complexity index is 994. The van der Waals surface area contributed by atoms with Gasteiger partial charge < -0.3 is 10.5 Å². The van der Waals surface area contributed by atoms with E-state index in [-0.39, 0.29) is 34.5 Å². The van der Waals surface area contributed by atoms with Crippen molar-refractivity contribution in [2.45, 2.75) is 19.3 Å². The number of nitrogens with two attached hydrogens (primary N) is 1. The summed E-state index contributed by atoms with van der Waals surface area (Å²) >= 11 is 0.135. The molecule has 0 radical (unpaired) electrons. The van der Waals surface area contributed by atoms with E-state index in [1.165, 1.54) is 12.4 Å². The van der Waals surface area contributed by atoms with Gasteiger partial charge in [0.15, 0.2) is 5.69 Å². The summed E-state index contributed by atoms with van der Waals surface area (Å²) in [4.78, 5) is 6.37. The lowest BCUT2D eigenvalue weighted by Crippen LogP contribution is -2.10. The number of alkyl halides is 6. The predicted molar refractivity (Wildman–Crippen MR) is 88.1 cm³/mol. The van der Waals surface area contributed by atoms with Gasteiger partial charge >= 0.3 is 12.4 Å². The van der Waals surface area contributed by atoms with Crippen LogP contribution in [0, 0.1) is 0 Å². The third-order valence-electron chi connectivity index (χ3n) is 3.45. The van der Waals surface area contributed by atoms with Gasteiger partial charge in [0.1, 0.15) is 10.7 Å². The predicted octanol–water partition coefficient (Wildman–Crippen LogP) is 4.41. The number of nitrogen functional groups attached to an aromatic ring is 1. The lowest BCUT2D eigenvalue weighted by atomic mass is 10.2. The topological polar surface area (TPSA) is 78.9 Å². The summed E-state index contributed by atoms with van der Waals surface area (Å²) in [7, 11) is 0. The van der Waals surface area contributed by atoms with Crippen molar-refractivity contribution < 1.29 is 31.1 Å². The van der Waals surface area contributed by atoms with Crippen LogP contribution < -0.4 is 10.5 Å². The zero-order valence-corrected chi connectivity index (χ0v) is 14.8. The molecule has 0 saturated carbocycles. The molecule has 0 aliphatic carbocycles. The van der Waals surface area contributed by atoms with E-state index in [1.807, 2.05) is 0 Å². The molecule has 0 spiro atoms. The van der Waals surface area contributed by atoms with E-state index in [0.717, 1.165) is 6.07 Å². The molecule has 0 aliphatic rings. The van der Waals surface area contributed by atoms with E-state index in [2.05, 4.69) is 15.1 Å². The monoisotopic (exact) mass is 423 g/mol. The second-order valence-corrected chi connectivity index (χ2v) is 6.38. The number of anilines is 1. The number of hydrogen-bond donors (Lipinski definition) is 1. The molecule has 0 bridgehead atoms. The Hall–Kier alpha value is -2.83. The van der Waals surface area contributed by atoms with Crippen molar-refractivity contribution >= 4 is 17.2 Å². The Balaban J connectivity index is 2.23. The zero-order chi connectivity index (χ0) is 20.7. The molecule has 0 fully saturated rings. The minimum absolute atomic E-state index is 0.123. The quantitative estimate of drug-likeness (QED) is 0.629. The van der Waals surface area contributed by atoms with Gasteiger partial charge in [-0.2, -0.15) is 36.1 Å². The van der Waals surface area contributed by atoms with Gasteiger partial charge in [-0.1, -0.05) is 0 Å². The van der Waals surface area contributed by atoms with Crippen LogP contribution in [0.15, 0.2) is 24.5 Å². The summed E-state index contributed by atoms with van der Waals surface area (Å²) in [6.07, 6.45) is -7.21. The summed E-state index contributed by atoms with van der Waals surface area (Å²) in [5.74, 6) is -0.878. The van der Waals surface area contributed by atoms with Gasteiger partial charge in [0, 0.05) is 17.3 Å². The number of nitrogens with zero attached hydrogens (tertiary/aromatic N) is 4. The van der Waals surface area contributed by atoms with Crippen molar-refractivity contribution in [2.75, 3.05) is 12.3 Å². The lowest BCUT2D eigenvalue weighted by molar-refractivity contribution is -0.140. The Labute approximate surface area is 157 Å². The minimum Gasteiger partial charge on any atom is -0.475 e. The maximum Gasteiger partial charge on any atom is 0.435 e. The second-order valence-electron chi connectivity index (χ2n) is 5.30. The van der Waals surface area contributed by atoms with E-state index < -0.39 is 34.3 Å². The van der Waals surface area contributed by atoms with Crippen molar-refractivity contribution in [2.24, 2.45) is 0 Å². The summed E-state index contributed by atoms with van der Waals surface area (Å²) in [6.45, 7) is 1.77. The molecule has 0 unspecified atom stereocenters. The van der Waals surface area contributed by atoms with Crippen LogP contribution in [0.5, 0.6) is 5.88 Å². The highest BCUT2D eigenvalue weighted by atomic mass is 32.1. The SMILES string of the molecule is CCOc1nccnc1-n1nc(C(F)(F)F)c(-c2ccc(C(F)(F)F)s2)c1N. The van der Waals surface area contributed by atoms with Crippen molar-refractivity contribution in [3.8, 4) is 22.1 Å². The van der Waals surface area contributed by atoms with Crippen LogP contribution in [0.4, 0.5) is 32.2 Å². The van der Waals surface area contributed by atoms with Crippen LogP contribution in [0.2, 0.25) is 0 Å². The molecule has 3 rings (SSSR count). The van der Waals surface area contributed by atoms with E-state index in [1.54, 1.807) is 6.92 Å². The second kappa shape index (κ2) is 6.96. The number of thiophene rings is 1. The highest BCUT2D eigenvalue weighted by molar-refractivity contribution is 7.15. The number of aromatic nitrogens is 4. The first-order valence-electron chi connectivity index (χ1n) is 7.61. The molecule has 0 saturated heterocycles. The fourth-order valence-corrected chi connectivity index (χ4v) is 3.29. The maximum absolute atomic E-state index is 13.5. The molecule has 3 heterocycles. The highest BCUT2D eigenvalue weighted by Gasteiger charge is 2.41. The van der Waals surface area contributed by atoms with Gasteiger partial charge in [-0.15, -0.1) is 11.3 Å². The fourth-order valence-electron chi connectivity index (χ4n) is 2.36. The normalized spacial score (nSPS) is 12.4. The molecule has 3 aromatic heterocycles. The molecular weight excluding hydrogens is 412 g/mol. The minimum atomic E-state index is -4.97. The molecule has 0 amide bonds. The third kappa shape index (κ3) is 3.61. The number of halogens is 6. The fraction of sp³-hybridized carbons (Fsp3) is 0.267. The van der Waals surface area contributed by atoms with Gasteiger partial charge in [-0.3, -0.25) is 0 Å². The molecule has 150 valence electrons. The Morgan fingerprint density at radius 3 is 2.32 bits per heavy atom. The maximum atomic E-state index is 13.5. The summed E-state index contributed by atoms with van der Waals surface area (Å²) < 4.78 is 85.0. The van der Waals surface area contributed by atoms with Crippen molar-refractivity contribution in [3.63, 3.8) is 0 Å². The smallest absolute Gasteiger partial charge is 0.435 e. The lowest BCUT2D eigenvalue weighted by Gasteiger charge is -2.08. The third-order valence-corrected chi connectivity index (χ3v) is 4.60. The average Bonchev–Trinajstić information content (AvgIpc) is 3.19. The summed E-state index contributed by atoms with van der Waals surface area (Å²) in [6, 6.07) is 1.60. The molecule has 3 aromatic rings. The van der Waals surface area contributed by atoms with E-state index >= 15 is 0 Å². The van der Waals surface area contributed by atoms with Gasteiger partial charge in [0.25, 0.3) is 5.88 Å². The first kappa shape index (κ1) is 19.9. The first-order chi connectivity index (χ1) is 13.0. The Kier molecular flexibility index (Phi) is 4.95. The molecule has 13 heteroatoms. The molecular formula is C15H11F6N5OS. The van der Waals surface area contributed by atoms with Gasteiger partial charge in [-0.05, 0) is 19.1 Å².